The second kappa shape index (κ2) is 4.64. The number of nitrogens with one attached hydrogen (secondary N) is 1. The summed E-state index contributed by atoms with van der Waals surface area (Å²) >= 11 is 0. The Hall–Kier alpha value is -1.10. The molecule has 0 aromatic heterocycles. The number of urea groups is 1. The van der Waals surface area contributed by atoms with E-state index in [1.54, 1.807) is 0 Å². The molecule has 1 aliphatic carbocycles. The molecule has 96 valence electrons. The molecule has 0 radical (unpaired) electrons. The van der Waals surface area contributed by atoms with Gasteiger partial charge in [-0.05, 0) is 37.6 Å². The Morgan fingerprint density at radius 2 is 2.18 bits per heavy atom. The number of rotatable bonds is 6. The first kappa shape index (κ1) is 12.4. The summed E-state index contributed by atoms with van der Waals surface area (Å²) in [6, 6.07) is -0.530. The Morgan fingerprint density at radius 1 is 1.47 bits per heavy atom. The number of carbonyl (C=O) groups excluding carboxylic acids is 2. The third-order valence-corrected chi connectivity index (χ3v) is 3.81. The Bertz CT molecular complexity index is 326. The zero-order valence-electron chi connectivity index (χ0n) is 10.4. The van der Waals surface area contributed by atoms with Crippen molar-refractivity contribution in [3.8, 4) is 0 Å². The van der Waals surface area contributed by atoms with Gasteiger partial charge in [-0.2, -0.15) is 0 Å². The molecule has 2 fully saturated rings. The van der Waals surface area contributed by atoms with Crippen LogP contribution in [0.3, 0.4) is 0 Å². The van der Waals surface area contributed by atoms with Gasteiger partial charge in [0.1, 0.15) is 6.04 Å². The molecule has 0 bridgehead atoms. The minimum Gasteiger partial charge on any atom is -0.330 e. The van der Waals surface area contributed by atoms with Crippen LogP contribution in [0.2, 0.25) is 0 Å². The van der Waals surface area contributed by atoms with Crippen LogP contribution >= 0.6 is 0 Å². The van der Waals surface area contributed by atoms with Crippen LogP contribution in [0.5, 0.6) is 0 Å². The lowest BCUT2D eigenvalue weighted by molar-refractivity contribution is -0.128. The van der Waals surface area contributed by atoms with Gasteiger partial charge in [0, 0.05) is 6.54 Å². The van der Waals surface area contributed by atoms with Gasteiger partial charge in [0.05, 0.1) is 0 Å². The largest absolute Gasteiger partial charge is 0.330 e. The molecule has 2 rings (SSSR count). The third kappa shape index (κ3) is 2.44. The van der Waals surface area contributed by atoms with E-state index < -0.39 is 0 Å². The summed E-state index contributed by atoms with van der Waals surface area (Å²) in [5, 5.41) is 2.75. The highest BCUT2D eigenvalue weighted by Gasteiger charge is 2.48. The molecule has 2 aliphatic rings. The van der Waals surface area contributed by atoms with Gasteiger partial charge in [0.15, 0.2) is 0 Å². The van der Waals surface area contributed by atoms with Crippen LogP contribution in [0.1, 0.15) is 39.0 Å². The van der Waals surface area contributed by atoms with E-state index in [0.29, 0.717) is 13.1 Å². The smallest absolute Gasteiger partial charge is 0.324 e. The Morgan fingerprint density at radius 3 is 2.71 bits per heavy atom. The van der Waals surface area contributed by atoms with Crippen LogP contribution in [0, 0.1) is 5.41 Å². The zero-order valence-corrected chi connectivity index (χ0v) is 10.4. The van der Waals surface area contributed by atoms with Crippen molar-refractivity contribution in [3.63, 3.8) is 0 Å². The van der Waals surface area contributed by atoms with Crippen molar-refractivity contribution in [2.75, 3.05) is 13.1 Å². The van der Waals surface area contributed by atoms with Crippen molar-refractivity contribution >= 4 is 11.9 Å². The summed E-state index contributed by atoms with van der Waals surface area (Å²) in [6.45, 7) is 3.19. The predicted octanol–water partition coefficient (Wildman–Crippen LogP) is 0.836. The Labute approximate surface area is 102 Å². The maximum Gasteiger partial charge on any atom is 0.324 e. The molecule has 3 amide bonds. The molecule has 5 nitrogen and oxygen atoms in total. The lowest BCUT2D eigenvalue weighted by atomic mass is 10.0. The SMILES string of the molecule is CCCC1NC(=O)N(CC2(CCN)CC2)C1=O. The molecular weight excluding hydrogens is 218 g/mol. The first-order valence-corrected chi connectivity index (χ1v) is 6.44. The first-order chi connectivity index (χ1) is 8.12. The van der Waals surface area contributed by atoms with Crippen LogP contribution in [0.15, 0.2) is 0 Å². The minimum atomic E-state index is -0.304. The fraction of sp³-hybridized carbons (Fsp3) is 0.833. The van der Waals surface area contributed by atoms with Crippen LogP contribution in [-0.4, -0.2) is 36.0 Å². The third-order valence-electron chi connectivity index (χ3n) is 3.81. The van der Waals surface area contributed by atoms with Gasteiger partial charge in [-0.1, -0.05) is 13.3 Å². The van der Waals surface area contributed by atoms with E-state index in [0.717, 1.165) is 32.1 Å². The number of nitrogens with zero attached hydrogens (tertiary/aromatic N) is 1. The summed E-state index contributed by atoms with van der Waals surface area (Å²) in [5.74, 6) is -0.0554. The summed E-state index contributed by atoms with van der Waals surface area (Å²) in [4.78, 5) is 25.2. The number of nitrogens with two attached hydrogens (primary N) is 1. The first-order valence-electron chi connectivity index (χ1n) is 6.44. The zero-order chi connectivity index (χ0) is 12.5. The minimum absolute atomic E-state index is 0.0554. The fourth-order valence-electron chi connectivity index (χ4n) is 2.52. The van der Waals surface area contributed by atoms with E-state index in [4.69, 9.17) is 5.73 Å². The second-order valence-corrected chi connectivity index (χ2v) is 5.25. The summed E-state index contributed by atoms with van der Waals surface area (Å²) in [6.07, 6.45) is 4.70. The molecule has 3 N–H and O–H groups in total. The van der Waals surface area contributed by atoms with E-state index in [-0.39, 0.29) is 23.4 Å². The summed E-state index contributed by atoms with van der Waals surface area (Å²) in [5.41, 5.74) is 5.70. The summed E-state index contributed by atoms with van der Waals surface area (Å²) in [7, 11) is 0. The molecule has 0 spiro atoms. The van der Waals surface area contributed by atoms with Crippen molar-refractivity contribution in [2.24, 2.45) is 11.1 Å². The molecule has 0 aromatic carbocycles. The monoisotopic (exact) mass is 239 g/mol. The number of hydrogen-bond acceptors (Lipinski definition) is 3. The van der Waals surface area contributed by atoms with Gasteiger partial charge < -0.3 is 11.1 Å². The molecule has 1 heterocycles. The van der Waals surface area contributed by atoms with Gasteiger partial charge in [0.25, 0.3) is 5.91 Å². The molecule has 1 saturated carbocycles. The van der Waals surface area contributed by atoms with Gasteiger partial charge in [-0.3, -0.25) is 9.69 Å². The molecular formula is C12H21N3O2. The van der Waals surface area contributed by atoms with Gasteiger partial charge >= 0.3 is 6.03 Å². The van der Waals surface area contributed by atoms with Crippen molar-refractivity contribution in [2.45, 2.75) is 45.1 Å². The predicted molar refractivity (Wildman–Crippen MR) is 64.3 cm³/mol. The van der Waals surface area contributed by atoms with Crippen molar-refractivity contribution in [1.29, 1.82) is 0 Å². The second-order valence-electron chi connectivity index (χ2n) is 5.25. The van der Waals surface area contributed by atoms with Crippen molar-refractivity contribution in [3.05, 3.63) is 0 Å². The van der Waals surface area contributed by atoms with Gasteiger partial charge in [0.2, 0.25) is 0 Å². The maximum atomic E-state index is 12.0. The van der Waals surface area contributed by atoms with Crippen molar-refractivity contribution < 1.29 is 9.59 Å². The highest BCUT2D eigenvalue weighted by molar-refractivity contribution is 6.04. The van der Waals surface area contributed by atoms with Gasteiger partial charge in [-0.15, -0.1) is 0 Å². The van der Waals surface area contributed by atoms with Crippen LogP contribution in [0.4, 0.5) is 4.79 Å². The Balaban J connectivity index is 1.97. The molecule has 0 aromatic rings. The van der Waals surface area contributed by atoms with Crippen LogP contribution in [0.25, 0.3) is 0 Å². The highest BCUT2D eigenvalue weighted by atomic mass is 16.2. The fourth-order valence-corrected chi connectivity index (χ4v) is 2.52. The number of amides is 3. The average molecular weight is 239 g/mol. The molecule has 1 saturated heterocycles. The van der Waals surface area contributed by atoms with Crippen LogP contribution < -0.4 is 11.1 Å². The quantitative estimate of drug-likeness (QED) is 0.674. The maximum absolute atomic E-state index is 12.0. The molecule has 5 heteroatoms. The average Bonchev–Trinajstić information content (AvgIpc) is 2.99. The molecule has 1 unspecified atom stereocenters. The van der Waals surface area contributed by atoms with E-state index in [1.807, 2.05) is 6.92 Å². The lowest BCUT2D eigenvalue weighted by Gasteiger charge is -2.20. The molecule has 17 heavy (non-hydrogen) atoms. The number of hydrogen-bond donors (Lipinski definition) is 2. The van der Waals surface area contributed by atoms with E-state index >= 15 is 0 Å². The standard InChI is InChI=1S/C12H21N3O2/c1-2-3-9-10(16)15(11(17)14-9)8-12(4-5-12)6-7-13/h9H,2-8,13H2,1H3,(H,14,17). The number of carbonyl (C=O) groups is 2. The molecule has 1 aliphatic heterocycles. The van der Waals surface area contributed by atoms with E-state index in [9.17, 15) is 9.59 Å². The molecule has 1 atom stereocenters. The lowest BCUT2D eigenvalue weighted by Crippen LogP contribution is -2.37. The van der Waals surface area contributed by atoms with E-state index in [1.165, 1.54) is 4.90 Å². The van der Waals surface area contributed by atoms with Gasteiger partial charge in [-0.25, -0.2) is 4.79 Å². The topological polar surface area (TPSA) is 75.4 Å². The normalized spacial score (nSPS) is 26.2. The number of imide groups is 1. The highest BCUT2D eigenvalue weighted by Crippen LogP contribution is 2.49. The summed E-state index contributed by atoms with van der Waals surface area (Å²) < 4.78 is 0. The van der Waals surface area contributed by atoms with Crippen molar-refractivity contribution in [1.82, 2.24) is 10.2 Å². The van der Waals surface area contributed by atoms with Crippen LogP contribution in [-0.2, 0) is 4.79 Å². The van der Waals surface area contributed by atoms with E-state index in [2.05, 4.69) is 5.32 Å². The Kier molecular flexibility index (Phi) is 3.38.